The first-order valence-corrected chi connectivity index (χ1v) is 13.0. The van der Waals surface area contributed by atoms with E-state index in [1.807, 2.05) is 0 Å². The minimum Gasteiger partial charge on any atom is -0.494 e. The third kappa shape index (κ3) is 7.65. The summed E-state index contributed by atoms with van der Waals surface area (Å²) in [4.78, 5) is 0. The highest BCUT2D eigenvalue weighted by Gasteiger charge is 2.22. The summed E-state index contributed by atoms with van der Waals surface area (Å²) in [5, 5.41) is 0. The molecule has 2 saturated carbocycles. The van der Waals surface area contributed by atoms with Gasteiger partial charge in [-0.3, -0.25) is 0 Å². The van der Waals surface area contributed by atoms with E-state index in [1.54, 1.807) is 0 Å². The standard InChI is InChI=1S/C28H46O/c1-3-5-6-8-24-14-16-26(17-15-24)27-18-20-28(21-19-27)29-22-7-9-25-12-10-23(4-2)11-13-25/h18-21,23-26H,3-17,22H2,1-2H3/t23-,24-,25-,26-. The molecule has 0 spiro atoms. The molecule has 0 amide bonds. The molecule has 0 radical (unpaired) electrons. The molecule has 1 heteroatoms. The summed E-state index contributed by atoms with van der Waals surface area (Å²) >= 11 is 0. The predicted octanol–water partition coefficient (Wildman–Crippen LogP) is 8.92. The summed E-state index contributed by atoms with van der Waals surface area (Å²) in [5.41, 5.74) is 1.54. The molecule has 0 unspecified atom stereocenters. The van der Waals surface area contributed by atoms with Crippen LogP contribution >= 0.6 is 0 Å². The Morgan fingerprint density at radius 3 is 1.90 bits per heavy atom. The molecule has 2 aliphatic rings. The van der Waals surface area contributed by atoms with Gasteiger partial charge in [-0.2, -0.15) is 0 Å². The number of hydrogen-bond acceptors (Lipinski definition) is 1. The molecule has 0 N–H and O–H groups in total. The minimum absolute atomic E-state index is 0.782. The van der Waals surface area contributed by atoms with Crippen molar-refractivity contribution >= 4 is 0 Å². The summed E-state index contributed by atoms with van der Waals surface area (Å²) in [6.07, 6.45) is 21.1. The van der Waals surface area contributed by atoms with Crippen LogP contribution in [0.5, 0.6) is 5.75 Å². The van der Waals surface area contributed by atoms with E-state index in [9.17, 15) is 0 Å². The largest absolute Gasteiger partial charge is 0.494 e. The molecule has 1 aromatic carbocycles. The highest BCUT2D eigenvalue weighted by Crippen LogP contribution is 2.38. The van der Waals surface area contributed by atoms with Gasteiger partial charge >= 0.3 is 0 Å². The van der Waals surface area contributed by atoms with Crippen LogP contribution < -0.4 is 4.74 Å². The normalized spacial score (nSPS) is 27.7. The number of ether oxygens (including phenoxy) is 1. The summed E-state index contributed by atoms with van der Waals surface area (Å²) in [6.45, 7) is 5.54. The Kier molecular flexibility index (Phi) is 9.91. The molecular weight excluding hydrogens is 352 g/mol. The molecular formula is C28H46O. The van der Waals surface area contributed by atoms with Gasteiger partial charge in [-0.1, -0.05) is 83.8 Å². The van der Waals surface area contributed by atoms with Crippen LogP contribution in [-0.4, -0.2) is 6.61 Å². The topological polar surface area (TPSA) is 9.23 Å². The third-order valence-corrected chi connectivity index (χ3v) is 7.98. The summed E-state index contributed by atoms with van der Waals surface area (Å²) < 4.78 is 6.05. The average molecular weight is 399 g/mol. The van der Waals surface area contributed by atoms with E-state index < -0.39 is 0 Å². The zero-order chi connectivity index (χ0) is 20.3. The molecule has 2 aliphatic carbocycles. The van der Waals surface area contributed by atoms with Gasteiger partial charge in [0.1, 0.15) is 5.75 Å². The van der Waals surface area contributed by atoms with Crippen molar-refractivity contribution in [1.29, 1.82) is 0 Å². The quantitative estimate of drug-likeness (QED) is 0.338. The monoisotopic (exact) mass is 398 g/mol. The highest BCUT2D eigenvalue weighted by atomic mass is 16.5. The molecule has 1 aromatic rings. The second-order valence-electron chi connectivity index (χ2n) is 10.1. The van der Waals surface area contributed by atoms with Crippen molar-refractivity contribution in [1.82, 2.24) is 0 Å². The van der Waals surface area contributed by atoms with Crippen molar-refractivity contribution in [2.45, 2.75) is 116 Å². The molecule has 1 nitrogen and oxygen atoms in total. The van der Waals surface area contributed by atoms with E-state index in [-0.39, 0.29) is 0 Å². The second kappa shape index (κ2) is 12.7. The lowest BCUT2D eigenvalue weighted by Gasteiger charge is -2.29. The molecule has 0 atom stereocenters. The van der Waals surface area contributed by atoms with E-state index in [0.29, 0.717) is 0 Å². The van der Waals surface area contributed by atoms with Gasteiger partial charge in [0.05, 0.1) is 6.61 Å². The first-order chi connectivity index (χ1) is 14.3. The number of hydrogen-bond donors (Lipinski definition) is 0. The third-order valence-electron chi connectivity index (χ3n) is 7.98. The lowest BCUT2D eigenvalue weighted by Crippen LogP contribution is -2.14. The van der Waals surface area contributed by atoms with Gasteiger partial charge in [0.2, 0.25) is 0 Å². The van der Waals surface area contributed by atoms with Crippen LogP contribution in [-0.2, 0) is 0 Å². The molecule has 29 heavy (non-hydrogen) atoms. The minimum atomic E-state index is 0.782. The lowest BCUT2D eigenvalue weighted by molar-refractivity contribution is 0.234. The maximum atomic E-state index is 6.05. The first-order valence-electron chi connectivity index (χ1n) is 13.0. The van der Waals surface area contributed by atoms with Crippen LogP contribution in [0, 0.1) is 17.8 Å². The molecule has 0 aliphatic heterocycles. The number of unbranched alkanes of at least 4 members (excludes halogenated alkanes) is 2. The van der Waals surface area contributed by atoms with Crippen molar-refractivity contribution < 1.29 is 4.74 Å². The van der Waals surface area contributed by atoms with Gasteiger partial charge in [-0.05, 0) is 79.9 Å². The number of rotatable bonds is 11. The Labute approximate surface area is 181 Å². The Bertz CT molecular complexity index is 532. The molecule has 164 valence electrons. The Hall–Kier alpha value is -0.980. The van der Waals surface area contributed by atoms with Crippen LogP contribution in [0.2, 0.25) is 0 Å². The van der Waals surface area contributed by atoms with Crippen LogP contribution in [0.25, 0.3) is 0 Å². The van der Waals surface area contributed by atoms with Gasteiger partial charge < -0.3 is 4.74 Å². The molecule has 0 aromatic heterocycles. The Morgan fingerprint density at radius 2 is 1.28 bits per heavy atom. The molecule has 0 saturated heterocycles. The van der Waals surface area contributed by atoms with Gasteiger partial charge in [0, 0.05) is 0 Å². The zero-order valence-corrected chi connectivity index (χ0v) is 19.3. The van der Waals surface area contributed by atoms with Crippen LogP contribution in [0.3, 0.4) is 0 Å². The van der Waals surface area contributed by atoms with Crippen LogP contribution in [0.1, 0.15) is 122 Å². The van der Waals surface area contributed by atoms with Gasteiger partial charge in [0.25, 0.3) is 0 Å². The molecule has 0 heterocycles. The van der Waals surface area contributed by atoms with Crippen molar-refractivity contribution in [3.05, 3.63) is 29.8 Å². The summed E-state index contributed by atoms with van der Waals surface area (Å²) in [5.74, 6) is 4.82. The highest BCUT2D eigenvalue weighted by molar-refractivity contribution is 5.29. The van der Waals surface area contributed by atoms with E-state index >= 15 is 0 Å². The average Bonchev–Trinajstić information content (AvgIpc) is 2.78. The fourth-order valence-electron chi connectivity index (χ4n) is 5.79. The SMILES string of the molecule is CCCCC[C@H]1CC[C@H](c2ccc(OCCC[C@H]3CC[C@H](CC)CC3)cc2)CC1. The van der Waals surface area contributed by atoms with Gasteiger partial charge in [0.15, 0.2) is 0 Å². The van der Waals surface area contributed by atoms with Gasteiger partial charge in [-0.15, -0.1) is 0 Å². The maximum absolute atomic E-state index is 6.05. The van der Waals surface area contributed by atoms with Gasteiger partial charge in [-0.25, -0.2) is 0 Å². The summed E-state index contributed by atoms with van der Waals surface area (Å²) in [7, 11) is 0. The van der Waals surface area contributed by atoms with Crippen molar-refractivity contribution in [3.63, 3.8) is 0 Å². The first kappa shape index (κ1) is 22.7. The Morgan fingerprint density at radius 1 is 0.690 bits per heavy atom. The smallest absolute Gasteiger partial charge is 0.119 e. The summed E-state index contributed by atoms with van der Waals surface area (Å²) in [6, 6.07) is 9.11. The number of benzene rings is 1. The second-order valence-corrected chi connectivity index (χ2v) is 10.1. The van der Waals surface area contributed by atoms with E-state index in [1.165, 1.54) is 102 Å². The van der Waals surface area contributed by atoms with E-state index in [0.717, 1.165) is 36.0 Å². The van der Waals surface area contributed by atoms with E-state index in [2.05, 4.69) is 38.1 Å². The van der Waals surface area contributed by atoms with Crippen LogP contribution in [0.4, 0.5) is 0 Å². The molecule has 2 fully saturated rings. The fourth-order valence-corrected chi connectivity index (χ4v) is 5.79. The molecule has 3 rings (SSSR count). The molecule has 0 bridgehead atoms. The predicted molar refractivity (Wildman–Crippen MR) is 126 cm³/mol. The van der Waals surface area contributed by atoms with E-state index in [4.69, 9.17) is 4.74 Å². The van der Waals surface area contributed by atoms with Crippen molar-refractivity contribution in [2.75, 3.05) is 6.61 Å². The van der Waals surface area contributed by atoms with Crippen LogP contribution in [0.15, 0.2) is 24.3 Å². The lowest BCUT2D eigenvalue weighted by atomic mass is 9.77. The maximum Gasteiger partial charge on any atom is 0.119 e. The van der Waals surface area contributed by atoms with Crippen molar-refractivity contribution in [2.24, 2.45) is 17.8 Å². The fraction of sp³-hybridized carbons (Fsp3) is 0.786. The Balaban J connectivity index is 1.30. The van der Waals surface area contributed by atoms with Crippen molar-refractivity contribution in [3.8, 4) is 5.75 Å². The zero-order valence-electron chi connectivity index (χ0n) is 19.3.